The maximum atomic E-state index is 9.34. The van der Waals surface area contributed by atoms with E-state index in [0.717, 1.165) is 42.4 Å². The summed E-state index contributed by atoms with van der Waals surface area (Å²) >= 11 is 0. The number of anilines is 2. The second-order valence-corrected chi connectivity index (χ2v) is 6.41. The van der Waals surface area contributed by atoms with Crippen molar-refractivity contribution in [2.75, 3.05) is 37.0 Å². The Bertz CT molecular complexity index is 454. The average Bonchev–Trinajstić information content (AvgIpc) is 2.42. The minimum Gasteiger partial charge on any atom is -0.395 e. The fourth-order valence-corrected chi connectivity index (χ4v) is 2.18. The first-order valence-corrected chi connectivity index (χ1v) is 7.77. The van der Waals surface area contributed by atoms with Crippen molar-refractivity contribution in [3.63, 3.8) is 0 Å². The van der Waals surface area contributed by atoms with Crippen molar-refractivity contribution >= 4 is 11.6 Å². The van der Waals surface area contributed by atoms with Gasteiger partial charge in [-0.1, -0.05) is 34.1 Å². The van der Waals surface area contributed by atoms with E-state index in [1.807, 2.05) is 14.0 Å². The molecule has 0 aromatic carbocycles. The van der Waals surface area contributed by atoms with Gasteiger partial charge in [0, 0.05) is 31.1 Å². The molecule has 0 saturated carbocycles. The highest BCUT2D eigenvalue weighted by Gasteiger charge is 2.22. The first-order chi connectivity index (χ1) is 9.85. The molecular weight excluding hydrogens is 264 g/mol. The molecule has 0 radical (unpaired) electrons. The summed E-state index contributed by atoms with van der Waals surface area (Å²) in [5, 5.41) is 12.5. The van der Waals surface area contributed by atoms with Crippen LogP contribution < -0.4 is 10.2 Å². The van der Waals surface area contributed by atoms with Crippen LogP contribution in [0.4, 0.5) is 11.6 Å². The number of unbranched alkanes of at least 4 members (excludes halogenated alkanes) is 1. The lowest BCUT2D eigenvalue weighted by molar-refractivity contribution is 0.301. The van der Waals surface area contributed by atoms with Crippen molar-refractivity contribution < 1.29 is 5.11 Å². The number of nitrogens with zero attached hydrogens (tertiary/aromatic N) is 3. The van der Waals surface area contributed by atoms with Gasteiger partial charge in [-0.2, -0.15) is 0 Å². The quantitative estimate of drug-likeness (QED) is 0.809. The van der Waals surface area contributed by atoms with E-state index < -0.39 is 0 Å². The van der Waals surface area contributed by atoms with Gasteiger partial charge in [0.2, 0.25) is 0 Å². The number of aliphatic hydroxyl groups excluding tert-OH is 1. The van der Waals surface area contributed by atoms with E-state index in [2.05, 4.69) is 42.9 Å². The Morgan fingerprint density at radius 3 is 2.33 bits per heavy atom. The van der Waals surface area contributed by atoms with Gasteiger partial charge < -0.3 is 15.3 Å². The van der Waals surface area contributed by atoms with E-state index in [4.69, 9.17) is 4.98 Å². The van der Waals surface area contributed by atoms with Gasteiger partial charge in [0.15, 0.2) is 0 Å². The van der Waals surface area contributed by atoms with Crippen LogP contribution in [0.25, 0.3) is 0 Å². The Kier molecular flexibility index (Phi) is 6.40. The maximum Gasteiger partial charge on any atom is 0.138 e. The number of aromatic nitrogens is 2. The van der Waals surface area contributed by atoms with E-state index in [0.29, 0.717) is 6.54 Å². The number of rotatable bonds is 7. The normalized spacial score (nSPS) is 11.6. The van der Waals surface area contributed by atoms with Gasteiger partial charge in [-0.25, -0.2) is 9.97 Å². The first-order valence-electron chi connectivity index (χ1n) is 7.77. The lowest BCUT2D eigenvalue weighted by Gasteiger charge is -2.27. The number of hydrogen-bond acceptors (Lipinski definition) is 5. The highest BCUT2D eigenvalue weighted by molar-refractivity contribution is 5.58. The molecule has 1 rings (SSSR count). The summed E-state index contributed by atoms with van der Waals surface area (Å²) < 4.78 is 0. The highest BCUT2D eigenvalue weighted by atomic mass is 16.3. The third-order valence-electron chi connectivity index (χ3n) is 3.48. The second kappa shape index (κ2) is 7.59. The van der Waals surface area contributed by atoms with E-state index in [9.17, 15) is 5.11 Å². The Balaban J connectivity index is 3.29. The molecular formula is C16H30N4O. The van der Waals surface area contributed by atoms with Crippen molar-refractivity contribution in [2.24, 2.45) is 0 Å². The summed E-state index contributed by atoms with van der Waals surface area (Å²) in [5.41, 5.74) is 0.930. The Labute approximate surface area is 128 Å². The molecule has 0 saturated heterocycles. The van der Waals surface area contributed by atoms with Gasteiger partial charge in [0.1, 0.15) is 17.5 Å². The molecule has 1 aromatic rings. The van der Waals surface area contributed by atoms with Crippen molar-refractivity contribution in [2.45, 2.75) is 52.9 Å². The van der Waals surface area contributed by atoms with Crippen LogP contribution in [0.15, 0.2) is 0 Å². The molecule has 0 aliphatic heterocycles. The first kappa shape index (κ1) is 17.7. The molecule has 1 heterocycles. The predicted octanol–water partition coefficient (Wildman–Crippen LogP) is 2.72. The Morgan fingerprint density at radius 1 is 1.19 bits per heavy atom. The number of nitrogens with one attached hydrogen (secondary N) is 1. The van der Waals surface area contributed by atoms with Crippen LogP contribution in [0, 0.1) is 6.92 Å². The van der Waals surface area contributed by atoms with Gasteiger partial charge in [-0.3, -0.25) is 0 Å². The lowest BCUT2D eigenvalue weighted by Crippen LogP contribution is -2.31. The molecule has 5 heteroatoms. The van der Waals surface area contributed by atoms with E-state index in [-0.39, 0.29) is 12.0 Å². The van der Waals surface area contributed by atoms with E-state index in [1.54, 1.807) is 0 Å². The van der Waals surface area contributed by atoms with Gasteiger partial charge >= 0.3 is 0 Å². The van der Waals surface area contributed by atoms with Gasteiger partial charge in [-0.15, -0.1) is 0 Å². The Hall–Kier alpha value is -1.36. The monoisotopic (exact) mass is 294 g/mol. The van der Waals surface area contributed by atoms with Crippen LogP contribution >= 0.6 is 0 Å². The summed E-state index contributed by atoms with van der Waals surface area (Å²) in [6, 6.07) is 0. The minimum absolute atomic E-state index is 0.107. The van der Waals surface area contributed by atoms with Crippen LogP contribution in [0.2, 0.25) is 0 Å². The Morgan fingerprint density at radius 2 is 1.86 bits per heavy atom. The van der Waals surface area contributed by atoms with Crippen LogP contribution in [-0.2, 0) is 5.41 Å². The smallest absolute Gasteiger partial charge is 0.138 e. The molecule has 0 amide bonds. The van der Waals surface area contributed by atoms with Gasteiger partial charge in [0.05, 0.1) is 6.61 Å². The molecule has 120 valence electrons. The summed E-state index contributed by atoms with van der Waals surface area (Å²) in [4.78, 5) is 11.6. The fraction of sp³-hybridized carbons (Fsp3) is 0.750. The standard InChI is InChI=1S/C16H30N4O/c1-7-8-9-20(10-11-21)14-12(2)13(17-6)18-15(19-14)16(3,4)5/h21H,7-11H2,1-6H3,(H,17,18,19). The molecule has 0 aliphatic rings. The molecule has 0 atom stereocenters. The van der Waals surface area contributed by atoms with Crippen molar-refractivity contribution in [3.8, 4) is 0 Å². The molecule has 5 nitrogen and oxygen atoms in total. The van der Waals surface area contributed by atoms with Crippen LogP contribution in [0.3, 0.4) is 0 Å². The minimum atomic E-state index is -0.107. The van der Waals surface area contributed by atoms with Crippen molar-refractivity contribution in [1.29, 1.82) is 0 Å². The van der Waals surface area contributed by atoms with Crippen molar-refractivity contribution in [1.82, 2.24) is 9.97 Å². The zero-order valence-corrected chi connectivity index (χ0v) is 14.3. The molecule has 0 aliphatic carbocycles. The van der Waals surface area contributed by atoms with Crippen LogP contribution in [0.1, 0.15) is 51.9 Å². The molecule has 0 spiro atoms. The SMILES string of the molecule is CCCCN(CCO)c1nc(C(C)(C)C)nc(NC)c1C. The number of aliphatic hydroxyl groups is 1. The number of hydrogen-bond donors (Lipinski definition) is 2. The maximum absolute atomic E-state index is 9.34. The molecule has 21 heavy (non-hydrogen) atoms. The zero-order valence-electron chi connectivity index (χ0n) is 14.3. The second-order valence-electron chi connectivity index (χ2n) is 6.41. The molecule has 0 fully saturated rings. The third kappa shape index (κ3) is 4.56. The largest absolute Gasteiger partial charge is 0.395 e. The molecule has 1 aromatic heterocycles. The van der Waals surface area contributed by atoms with Gasteiger partial charge in [0.25, 0.3) is 0 Å². The predicted molar refractivity (Wildman–Crippen MR) is 89.2 cm³/mol. The summed E-state index contributed by atoms with van der Waals surface area (Å²) in [5.74, 6) is 2.62. The lowest BCUT2D eigenvalue weighted by atomic mass is 9.95. The average molecular weight is 294 g/mol. The van der Waals surface area contributed by atoms with Crippen LogP contribution in [0.5, 0.6) is 0 Å². The van der Waals surface area contributed by atoms with Crippen LogP contribution in [-0.4, -0.2) is 41.8 Å². The van der Waals surface area contributed by atoms with Crippen molar-refractivity contribution in [3.05, 3.63) is 11.4 Å². The van der Waals surface area contributed by atoms with E-state index in [1.165, 1.54) is 0 Å². The molecule has 0 bridgehead atoms. The molecule has 2 N–H and O–H groups in total. The summed E-state index contributed by atoms with van der Waals surface area (Å²) in [6.07, 6.45) is 2.21. The topological polar surface area (TPSA) is 61.3 Å². The molecule has 0 unspecified atom stereocenters. The summed E-state index contributed by atoms with van der Waals surface area (Å²) in [6.45, 7) is 12.2. The summed E-state index contributed by atoms with van der Waals surface area (Å²) in [7, 11) is 1.88. The fourth-order valence-electron chi connectivity index (χ4n) is 2.18. The zero-order chi connectivity index (χ0) is 16.0. The third-order valence-corrected chi connectivity index (χ3v) is 3.48. The highest BCUT2D eigenvalue weighted by Crippen LogP contribution is 2.28. The van der Waals surface area contributed by atoms with Gasteiger partial charge in [-0.05, 0) is 13.3 Å². The van der Waals surface area contributed by atoms with E-state index >= 15 is 0 Å².